The third kappa shape index (κ3) is 3.36. The first kappa shape index (κ1) is 14.5. The maximum Gasteiger partial charge on any atom is 0.451 e. The highest BCUT2D eigenvalue weighted by Crippen LogP contribution is 2.31. The molecule has 1 aromatic carbocycles. The summed E-state index contributed by atoms with van der Waals surface area (Å²) in [6.45, 7) is 1.61. The van der Waals surface area contributed by atoms with E-state index in [0.29, 0.717) is 5.56 Å². The molecule has 0 N–H and O–H groups in total. The van der Waals surface area contributed by atoms with Crippen LogP contribution in [-0.4, -0.2) is 9.97 Å². The summed E-state index contributed by atoms with van der Waals surface area (Å²) in [5.74, 6) is -2.37. The number of aromatic nitrogens is 2. The number of rotatable bonds is 2. The standard InChI is InChI=1S/C12H7ClF4N2O/c1-6-2-3-7(14)4-8(6)20-10-5-9(13)18-11(19-10)12(15,16)17/h2-5H,1H3. The van der Waals surface area contributed by atoms with Crippen molar-refractivity contribution in [3.63, 3.8) is 0 Å². The molecule has 2 rings (SSSR count). The van der Waals surface area contributed by atoms with Crippen molar-refractivity contribution in [3.8, 4) is 11.6 Å². The van der Waals surface area contributed by atoms with Crippen LogP contribution < -0.4 is 4.74 Å². The minimum absolute atomic E-state index is 0.0490. The predicted octanol–water partition coefficient (Wildman–Crippen LogP) is 4.39. The van der Waals surface area contributed by atoms with Crippen molar-refractivity contribution in [3.05, 3.63) is 46.6 Å². The van der Waals surface area contributed by atoms with Gasteiger partial charge >= 0.3 is 6.18 Å². The summed E-state index contributed by atoms with van der Waals surface area (Å²) >= 11 is 5.49. The molecule has 2 aromatic rings. The Kier molecular flexibility index (Phi) is 3.80. The van der Waals surface area contributed by atoms with Crippen LogP contribution in [0.3, 0.4) is 0 Å². The number of aryl methyl sites for hydroxylation is 1. The largest absolute Gasteiger partial charge is 0.451 e. The van der Waals surface area contributed by atoms with E-state index in [1.165, 1.54) is 12.1 Å². The highest BCUT2D eigenvalue weighted by atomic mass is 35.5. The first-order chi connectivity index (χ1) is 9.25. The van der Waals surface area contributed by atoms with E-state index < -0.39 is 28.9 Å². The van der Waals surface area contributed by atoms with Gasteiger partial charge in [-0.05, 0) is 18.6 Å². The number of alkyl halides is 3. The van der Waals surface area contributed by atoms with E-state index in [-0.39, 0.29) is 5.75 Å². The fourth-order valence-electron chi connectivity index (χ4n) is 1.37. The molecule has 1 aromatic heterocycles. The number of ether oxygens (including phenoxy) is 1. The topological polar surface area (TPSA) is 35.0 Å². The highest BCUT2D eigenvalue weighted by Gasteiger charge is 2.35. The van der Waals surface area contributed by atoms with Gasteiger partial charge in [0.25, 0.3) is 0 Å². The Bertz CT molecular complexity index is 646. The maximum atomic E-state index is 13.1. The van der Waals surface area contributed by atoms with Crippen LogP contribution >= 0.6 is 11.6 Å². The lowest BCUT2D eigenvalue weighted by Gasteiger charge is -2.10. The van der Waals surface area contributed by atoms with E-state index >= 15 is 0 Å². The molecule has 0 aliphatic heterocycles. The molecule has 3 nitrogen and oxygen atoms in total. The number of benzene rings is 1. The molecule has 0 aliphatic carbocycles. The summed E-state index contributed by atoms with van der Waals surface area (Å²) in [6.07, 6.45) is -4.75. The quantitative estimate of drug-likeness (QED) is 0.610. The van der Waals surface area contributed by atoms with Crippen LogP contribution in [0.25, 0.3) is 0 Å². The van der Waals surface area contributed by atoms with Crippen LogP contribution in [0.1, 0.15) is 11.4 Å². The lowest BCUT2D eigenvalue weighted by atomic mass is 10.2. The average Bonchev–Trinajstić information content (AvgIpc) is 2.32. The Balaban J connectivity index is 2.39. The number of hydrogen-bond acceptors (Lipinski definition) is 3. The Morgan fingerprint density at radius 2 is 1.85 bits per heavy atom. The third-order valence-electron chi connectivity index (χ3n) is 2.29. The Morgan fingerprint density at radius 3 is 2.50 bits per heavy atom. The molecule has 0 saturated carbocycles. The molecule has 0 radical (unpaired) electrons. The number of halogens is 5. The molecule has 0 saturated heterocycles. The maximum absolute atomic E-state index is 13.1. The van der Waals surface area contributed by atoms with Crippen molar-refractivity contribution < 1.29 is 22.3 Å². The second kappa shape index (κ2) is 5.24. The second-order valence-corrected chi connectivity index (χ2v) is 4.25. The summed E-state index contributed by atoms with van der Waals surface area (Å²) in [5.41, 5.74) is 0.537. The zero-order valence-corrected chi connectivity index (χ0v) is 10.8. The fraction of sp³-hybridized carbons (Fsp3) is 0.167. The SMILES string of the molecule is Cc1ccc(F)cc1Oc1cc(Cl)nc(C(F)(F)F)n1. The van der Waals surface area contributed by atoms with Gasteiger partial charge in [-0.15, -0.1) is 0 Å². The van der Waals surface area contributed by atoms with Gasteiger partial charge in [0.1, 0.15) is 16.7 Å². The van der Waals surface area contributed by atoms with Gasteiger partial charge in [0.15, 0.2) is 0 Å². The lowest BCUT2D eigenvalue weighted by molar-refractivity contribution is -0.145. The summed E-state index contributed by atoms with van der Waals surface area (Å²) in [7, 11) is 0. The Morgan fingerprint density at radius 1 is 1.15 bits per heavy atom. The van der Waals surface area contributed by atoms with Gasteiger partial charge in [-0.25, -0.2) is 9.37 Å². The first-order valence-corrected chi connectivity index (χ1v) is 5.69. The molecule has 8 heteroatoms. The van der Waals surface area contributed by atoms with Crippen LogP contribution in [0.2, 0.25) is 5.15 Å². The normalized spacial score (nSPS) is 11.5. The molecule has 20 heavy (non-hydrogen) atoms. The molecule has 0 amide bonds. The minimum Gasteiger partial charge on any atom is -0.438 e. The molecular weight excluding hydrogens is 300 g/mol. The van der Waals surface area contributed by atoms with E-state index in [1.54, 1.807) is 6.92 Å². The van der Waals surface area contributed by atoms with Crippen LogP contribution in [-0.2, 0) is 6.18 Å². The summed E-state index contributed by atoms with van der Waals surface area (Å²) in [5, 5.41) is -0.420. The zero-order valence-electron chi connectivity index (χ0n) is 10.0. The van der Waals surface area contributed by atoms with Gasteiger partial charge in [-0.1, -0.05) is 17.7 Å². The zero-order chi connectivity index (χ0) is 14.9. The van der Waals surface area contributed by atoms with Crippen LogP contribution in [0.4, 0.5) is 17.6 Å². The van der Waals surface area contributed by atoms with E-state index in [9.17, 15) is 17.6 Å². The van der Waals surface area contributed by atoms with E-state index in [2.05, 4.69) is 9.97 Å². The van der Waals surface area contributed by atoms with Gasteiger partial charge in [0, 0.05) is 12.1 Å². The fourth-order valence-corrected chi connectivity index (χ4v) is 1.55. The summed E-state index contributed by atoms with van der Waals surface area (Å²) in [4.78, 5) is 6.27. The smallest absolute Gasteiger partial charge is 0.438 e. The second-order valence-electron chi connectivity index (χ2n) is 3.86. The van der Waals surface area contributed by atoms with Crippen LogP contribution in [0.15, 0.2) is 24.3 Å². The minimum atomic E-state index is -4.75. The Hall–Kier alpha value is -1.89. The third-order valence-corrected chi connectivity index (χ3v) is 2.48. The lowest BCUT2D eigenvalue weighted by Crippen LogP contribution is -2.11. The summed E-state index contributed by atoms with van der Waals surface area (Å²) in [6, 6.07) is 4.69. The van der Waals surface area contributed by atoms with Gasteiger partial charge in [0.05, 0.1) is 0 Å². The van der Waals surface area contributed by atoms with Crippen molar-refractivity contribution in [1.29, 1.82) is 0 Å². The molecule has 0 spiro atoms. The molecule has 0 aliphatic rings. The van der Waals surface area contributed by atoms with E-state index in [1.807, 2.05) is 0 Å². The van der Waals surface area contributed by atoms with Crippen molar-refractivity contribution in [2.45, 2.75) is 13.1 Å². The van der Waals surface area contributed by atoms with Crippen molar-refractivity contribution in [2.75, 3.05) is 0 Å². The average molecular weight is 307 g/mol. The number of nitrogens with zero attached hydrogens (tertiary/aromatic N) is 2. The van der Waals surface area contributed by atoms with E-state index in [0.717, 1.165) is 12.1 Å². The van der Waals surface area contributed by atoms with Crippen molar-refractivity contribution in [2.24, 2.45) is 0 Å². The molecule has 0 bridgehead atoms. The molecule has 0 unspecified atom stereocenters. The monoisotopic (exact) mass is 306 g/mol. The molecule has 1 heterocycles. The molecule has 0 fully saturated rings. The van der Waals surface area contributed by atoms with Crippen LogP contribution in [0, 0.1) is 12.7 Å². The Labute approximate surface area is 116 Å². The van der Waals surface area contributed by atoms with Gasteiger partial charge in [-0.3, -0.25) is 0 Å². The molecular formula is C12H7ClF4N2O. The first-order valence-electron chi connectivity index (χ1n) is 5.31. The number of hydrogen-bond donors (Lipinski definition) is 0. The predicted molar refractivity (Wildman–Crippen MR) is 63.3 cm³/mol. The summed E-state index contributed by atoms with van der Waals surface area (Å²) < 4.78 is 55.8. The van der Waals surface area contributed by atoms with Gasteiger partial charge < -0.3 is 4.74 Å². The van der Waals surface area contributed by atoms with Crippen LogP contribution in [0.5, 0.6) is 11.6 Å². The van der Waals surface area contributed by atoms with E-state index in [4.69, 9.17) is 16.3 Å². The van der Waals surface area contributed by atoms with Crippen molar-refractivity contribution >= 4 is 11.6 Å². The van der Waals surface area contributed by atoms with Crippen molar-refractivity contribution in [1.82, 2.24) is 9.97 Å². The molecule has 0 atom stereocenters. The molecule has 106 valence electrons. The van der Waals surface area contributed by atoms with Gasteiger partial charge in [0.2, 0.25) is 11.7 Å². The highest BCUT2D eigenvalue weighted by molar-refractivity contribution is 6.29. The van der Waals surface area contributed by atoms with Gasteiger partial charge in [-0.2, -0.15) is 18.2 Å².